The summed E-state index contributed by atoms with van der Waals surface area (Å²) in [4.78, 5) is 28.8. The zero-order valence-corrected chi connectivity index (χ0v) is 14.5. The van der Waals surface area contributed by atoms with Gasteiger partial charge in [-0.05, 0) is 32.9 Å². The van der Waals surface area contributed by atoms with E-state index in [2.05, 4.69) is 10.3 Å². The molecule has 25 heavy (non-hydrogen) atoms. The molecule has 0 unspecified atom stereocenters. The Hall–Kier alpha value is -2.83. The summed E-state index contributed by atoms with van der Waals surface area (Å²) in [5.74, 6) is 1.39. The summed E-state index contributed by atoms with van der Waals surface area (Å²) < 4.78 is 12.2. The van der Waals surface area contributed by atoms with Crippen LogP contribution in [-0.2, 0) is 17.8 Å². The van der Waals surface area contributed by atoms with Crippen molar-refractivity contribution in [3.05, 3.63) is 52.2 Å². The first-order valence-electron chi connectivity index (χ1n) is 8.22. The molecule has 1 atom stereocenters. The van der Waals surface area contributed by atoms with E-state index < -0.39 is 0 Å². The Labute approximate surface area is 144 Å². The summed E-state index contributed by atoms with van der Waals surface area (Å²) in [5.41, 5.74) is 0.946. The van der Waals surface area contributed by atoms with Crippen molar-refractivity contribution >= 4 is 17.0 Å². The fourth-order valence-electron chi connectivity index (χ4n) is 2.78. The quantitative estimate of drug-likeness (QED) is 0.742. The molecule has 3 aromatic heterocycles. The summed E-state index contributed by atoms with van der Waals surface area (Å²) >= 11 is 0. The van der Waals surface area contributed by atoms with E-state index in [0.717, 1.165) is 11.3 Å². The molecule has 7 heteroatoms. The highest BCUT2D eigenvalue weighted by Gasteiger charge is 2.15. The molecule has 0 aliphatic rings. The van der Waals surface area contributed by atoms with Crippen molar-refractivity contribution in [3.63, 3.8) is 0 Å². The van der Waals surface area contributed by atoms with E-state index in [-0.39, 0.29) is 30.5 Å². The molecular weight excluding hydrogens is 322 g/mol. The van der Waals surface area contributed by atoms with Crippen LogP contribution in [0.4, 0.5) is 0 Å². The largest absolute Gasteiger partial charge is 0.469 e. The van der Waals surface area contributed by atoms with Crippen LogP contribution in [0.25, 0.3) is 11.1 Å². The van der Waals surface area contributed by atoms with Crippen LogP contribution in [0.1, 0.15) is 30.4 Å². The Morgan fingerprint density at radius 1 is 1.40 bits per heavy atom. The number of hydrogen-bond donors (Lipinski definition) is 1. The number of amides is 1. The predicted molar refractivity (Wildman–Crippen MR) is 92.4 cm³/mol. The average molecular weight is 343 g/mol. The number of nitrogens with one attached hydrogen (secondary N) is 1. The summed E-state index contributed by atoms with van der Waals surface area (Å²) in [7, 11) is 0. The van der Waals surface area contributed by atoms with Gasteiger partial charge in [0, 0.05) is 31.0 Å². The Bertz CT molecular complexity index is 937. The van der Waals surface area contributed by atoms with Crippen LogP contribution in [-0.4, -0.2) is 21.5 Å². The van der Waals surface area contributed by atoms with Crippen LogP contribution in [0, 0.1) is 13.8 Å². The van der Waals surface area contributed by atoms with Crippen molar-refractivity contribution in [1.29, 1.82) is 0 Å². The van der Waals surface area contributed by atoms with Crippen LogP contribution in [0.2, 0.25) is 0 Å². The van der Waals surface area contributed by atoms with Crippen molar-refractivity contribution in [1.82, 2.24) is 14.9 Å². The van der Waals surface area contributed by atoms with Gasteiger partial charge in [0.15, 0.2) is 0 Å². The molecule has 0 saturated heterocycles. The standard InChI is InChI=1S/C18H21N3O4/c1-11(9-14-5-4-8-24-14)20-15(22)6-7-21-10-19-17-16(18(21)23)12(2)13(3)25-17/h4-5,8,10-11H,6-7,9H2,1-3H3,(H,20,22)/t11-/m1/s1. The molecule has 0 aromatic carbocycles. The smallest absolute Gasteiger partial charge is 0.264 e. The SMILES string of the molecule is Cc1oc2ncn(CCC(=O)N[C@H](C)Cc3ccco3)c(=O)c2c1C. The molecule has 0 bridgehead atoms. The van der Waals surface area contributed by atoms with Crippen LogP contribution in [0.5, 0.6) is 0 Å². The lowest BCUT2D eigenvalue weighted by Gasteiger charge is -2.13. The maximum atomic E-state index is 12.5. The van der Waals surface area contributed by atoms with Gasteiger partial charge in [-0.15, -0.1) is 0 Å². The summed E-state index contributed by atoms with van der Waals surface area (Å²) in [6, 6.07) is 3.65. The molecule has 3 heterocycles. The Morgan fingerprint density at radius 3 is 2.92 bits per heavy atom. The van der Waals surface area contributed by atoms with E-state index in [4.69, 9.17) is 8.83 Å². The molecule has 0 fully saturated rings. The highest BCUT2D eigenvalue weighted by atomic mass is 16.3. The second-order valence-corrected chi connectivity index (χ2v) is 6.21. The molecule has 0 saturated carbocycles. The van der Waals surface area contributed by atoms with E-state index >= 15 is 0 Å². The Kier molecular flexibility index (Phi) is 4.74. The van der Waals surface area contributed by atoms with Gasteiger partial charge in [0.25, 0.3) is 5.56 Å². The highest BCUT2D eigenvalue weighted by Crippen LogP contribution is 2.19. The molecule has 3 aromatic rings. The molecule has 132 valence electrons. The first-order chi connectivity index (χ1) is 12.0. The molecule has 7 nitrogen and oxygen atoms in total. The van der Waals surface area contributed by atoms with Crippen LogP contribution in [0.15, 0.2) is 38.4 Å². The number of aryl methyl sites for hydroxylation is 3. The van der Waals surface area contributed by atoms with Gasteiger partial charge in [0.2, 0.25) is 11.6 Å². The maximum absolute atomic E-state index is 12.5. The number of furan rings is 2. The lowest BCUT2D eigenvalue weighted by atomic mass is 10.2. The molecule has 3 rings (SSSR count). The molecule has 0 radical (unpaired) electrons. The van der Waals surface area contributed by atoms with E-state index in [0.29, 0.717) is 23.3 Å². The van der Waals surface area contributed by atoms with E-state index in [9.17, 15) is 9.59 Å². The van der Waals surface area contributed by atoms with Gasteiger partial charge in [-0.3, -0.25) is 14.2 Å². The van der Waals surface area contributed by atoms with Crippen molar-refractivity contribution in [3.8, 4) is 0 Å². The normalized spacial score (nSPS) is 12.4. The minimum atomic E-state index is -0.184. The monoisotopic (exact) mass is 343 g/mol. The molecule has 0 aliphatic heterocycles. The molecule has 0 spiro atoms. The minimum Gasteiger partial charge on any atom is -0.469 e. The van der Waals surface area contributed by atoms with Gasteiger partial charge in [0.1, 0.15) is 23.2 Å². The Balaban J connectivity index is 1.62. The number of fused-ring (bicyclic) bond motifs is 1. The number of carbonyl (C=O) groups is 1. The summed E-state index contributed by atoms with van der Waals surface area (Å²) in [6.07, 6.45) is 3.86. The molecule has 1 N–H and O–H groups in total. The fourth-order valence-corrected chi connectivity index (χ4v) is 2.78. The van der Waals surface area contributed by atoms with Gasteiger partial charge in [-0.25, -0.2) is 4.98 Å². The number of hydrogen-bond acceptors (Lipinski definition) is 5. The predicted octanol–water partition coefficient (Wildman–Crippen LogP) is 2.34. The zero-order valence-electron chi connectivity index (χ0n) is 14.5. The van der Waals surface area contributed by atoms with Crippen LogP contribution >= 0.6 is 0 Å². The number of nitrogens with zero attached hydrogens (tertiary/aromatic N) is 2. The first kappa shape index (κ1) is 17.0. The van der Waals surface area contributed by atoms with Gasteiger partial charge in [-0.1, -0.05) is 0 Å². The molecule has 0 aliphatic carbocycles. The summed E-state index contributed by atoms with van der Waals surface area (Å²) in [5, 5.41) is 3.39. The van der Waals surface area contributed by atoms with Crippen molar-refractivity contribution in [2.45, 2.75) is 46.2 Å². The zero-order chi connectivity index (χ0) is 18.0. The van der Waals surface area contributed by atoms with Crippen molar-refractivity contribution in [2.24, 2.45) is 0 Å². The maximum Gasteiger partial charge on any atom is 0.264 e. The van der Waals surface area contributed by atoms with Crippen molar-refractivity contribution < 1.29 is 13.6 Å². The lowest BCUT2D eigenvalue weighted by molar-refractivity contribution is -0.121. The van der Waals surface area contributed by atoms with E-state index in [1.54, 1.807) is 13.2 Å². The number of rotatable bonds is 6. The number of carbonyl (C=O) groups excluding carboxylic acids is 1. The van der Waals surface area contributed by atoms with Crippen molar-refractivity contribution in [2.75, 3.05) is 0 Å². The Morgan fingerprint density at radius 2 is 2.20 bits per heavy atom. The summed E-state index contributed by atoms with van der Waals surface area (Å²) in [6.45, 7) is 5.81. The topological polar surface area (TPSA) is 90.3 Å². The third-order valence-corrected chi connectivity index (χ3v) is 4.23. The second-order valence-electron chi connectivity index (χ2n) is 6.21. The molecular formula is C18H21N3O4. The molecule has 1 amide bonds. The minimum absolute atomic E-state index is 0.0465. The second kappa shape index (κ2) is 6.96. The van der Waals surface area contributed by atoms with E-state index in [1.165, 1.54) is 10.9 Å². The van der Waals surface area contributed by atoms with Gasteiger partial charge in [-0.2, -0.15) is 0 Å². The van der Waals surface area contributed by atoms with Gasteiger partial charge < -0.3 is 14.2 Å². The van der Waals surface area contributed by atoms with Crippen LogP contribution in [0.3, 0.4) is 0 Å². The number of aromatic nitrogens is 2. The van der Waals surface area contributed by atoms with Gasteiger partial charge in [0.05, 0.1) is 6.26 Å². The van der Waals surface area contributed by atoms with Gasteiger partial charge >= 0.3 is 0 Å². The average Bonchev–Trinajstić information content (AvgIpc) is 3.15. The third kappa shape index (κ3) is 3.65. The highest BCUT2D eigenvalue weighted by molar-refractivity contribution is 5.78. The third-order valence-electron chi connectivity index (χ3n) is 4.23. The first-order valence-corrected chi connectivity index (χ1v) is 8.22. The van der Waals surface area contributed by atoms with Crippen LogP contribution < -0.4 is 10.9 Å². The lowest BCUT2D eigenvalue weighted by Crippen LogP contribution is -2.35. The fraction of sp³-hybridized carbons (Fsp3) is 0.389. The van der Waals surface area contributed by atoms with E-state index in [1.807, 2.05) is 26.0 Å².